The van der Waals surface area contributed by atoms with E-state index in [2.05, 4.69) is 25.3 Å². The number of aromatic nitrogens is 4. The zero-order chi connectivity index (χ0) is 20.1. The lowest BCUT2D eigenvalue weighted by Gasteiger charge is -2.11. The lowest BCUT2D eigenvalue weighted by molar-refractivity contribution is 0.400. The van der Waals surface area contributed by atoms with Crippen LogP contribution in [0.15, 0.2) is 47.5 Å². The summed E-state index contributed by atoms with van der Waals surface area (Å²) in [5.41, 5.74) is 0.867. The van der Waals surface area contributed by atoms with Crippen molar-refractivity contribution >= 4 is 15.8 Å². The summed E-state index contributed by atoms with van der Waals surface area (Å²) in [5, 5.41) is 15.3. The van der Waals surface area contributed by atoms with Crippen LogP contribution in [-0.4, -0.2) is 48.6 Å². The van der Waals surface area contributed by atoms with Gasteiger partial charge < -0.3 is 10.1 Å². The molecule has 0 aliphatic rings. The Balaban J connectivity index is 1.56. The van der Waals surface area contributed by atoms with Gasteiger partial charge in [-0.05, 0) is 43.3 Å². The van der Waals surface area contributed by atoms with Crippen molar-refractivity contribution in [2.45, 2.75) is 11.8 Å². The van der Waals surface area contributed by atoms with Crippen LogP contribution in [0.25, 0.3) is 5.82 Å². The highest BCUT2D eigenvalue weighted by Crippen LogP contribution is 2.24. The van der Waals surface area contributed by atoms with Crippen molar-refractivity contribution < 1.29 is 17.5 Å². The molecule has 0 spiro atoms. The molecule has 11 heteroatoms. The molecular weight excluding hydrogens is 387 g/mol. The minimum absolute atomic E-state index is 0.0593. The highest BCUT2D eigenvalue weighted by atomic mass is 32.2. The second-order valence-electron chi connectivity index (χ2n) is 5.80. The fourth-order valence-corrected chi connectivity index (χ4v) is 3.61. The molecule has 0 saturated carbocycles. The number of nitrogens with zero attached hydrogens (tertiary/aromatic N) is 4. The molecule has 2 heterocycles. The summed E-state index contributed by atoms with van der Waals surface area (Å²) in [6.07, 6.45) is 1.78. The van der Waals surface area contributed by atoms with Gasteiger partial charge in [0.25, 0.3) is 0 Å². The van der Waals surface area contributed by atoms with Crippen molar-refractivity contribution in [3.05, 3.63) is 54.1 Å². The second kappa shape index (κ2) is 8.31. The van der Waals surface area contributed by atoms with Crippen LogP contribution in [0.4, 0.5) is 10.2 Å². The molecule has 0 radical (unpaired) electrons. The van der Waals surface area contributed by atoms with Gasteiger partial charge in [0.15, 0.2) is 5.82 Å². The Bertz CT molecular complexity index is 1050. The number of rotatable bonds is 8. The van der Waals surface area contributed by atoms with Crippen molar-refractivity contribution in [1.29, 1.82) is 0 Å². The number of sulfonamides is 1. The van der Waals surface area contributed by atoms with Gasteiger partial charge in [-0.1, -0.05) is 0 Å². The summed E-state index contributed by atoms with van der Waals surface area (Å²) in [5.74, 6) is 0.451. The normalized spacial score (nSPS) is 11.4. The average Bonchev–Trinajstić information content (AvgIpc) is 3.12. The van der Waals surface area contributed by atoms with Crippen LogP contribution in [0.5, 0.6) is 5.75 Å². The van der Waals surface area contributed by atoms with Crippen LogP contribution in [0.2, 0.25) is 0 Å². The molecule has 0 unspecified atom stereocenters. The molecule has 0 atom stereocenters. The Labute approximate surface area is 161 Å². The Morgan fingerprint density at radius 2 is 1.96 bits per heavy atom. The summed E-state index contributed by atoms with van der Waals surface area (Å²) in [6, 6.07) is 8.61. The molecular formula is C17H19FN6O3S. The van der Waals surface area contributed by atoms with Crippen LogP contribution in [0, 0.1) is 12.7 Å². The molecule has 9 nitrogen and oxygen atoms in total. The van der Waals surface area contributed by atoms with Gasteiger partial charge in [-0.15, -0.1) is 10.2 Å². The van der Waals surface area contributed by atoms with E-state index < -0.39 is 15.8 Å². The fourth-order valence-electron chi connectivity index (χ4n) is 2.40. The first kappa shape index (κ1) is 19.7. The predicted molar refractivity (Wildman–Crippen MR) is 101 cm³/mol. The van der Waals surface area contributed by atoms with E-state index in [0.717, 1.165) is 17.8 Å². The number of benzene rings is 1. The van der Waals surface area contributed by atoms with Crippen molar-refractivity contribution in [3.63, 3.8) is 0 Å². The molecule has 2 N–H and O–H groups in total. The number of anilines is 1. The number of hydrogen-bond donors (Lipinski definition) is 2. The van der Waals surface area contributed by atoms with E-state index in [9.17, 15) is 12.8 Å². The van der Waals surface area contributed by atoms with Crippen molar-refractivity contribution in [2.75, 3.05) is 25.5 Å². The molecule has 0 aliphatic heterocycles. The Kier molecular flexibility index (Phi) is 5.85. The van der Waals surface area contributed by atoms with Gasteiger partial charge in [0.1, 0.15) is 22.3 Å². The highest BCUT2D eigenvalue weighted by Gasteiger charge is 2.19. The lowest BCUT2D eigenvalue weighted by atomic mass is 10.3. The van der Waals surface area contributed by atoms with Gasteiger partial charge in [-0.2, -0.15) is 5.10 Å². The number of nitrogens with one attached hydrogen (secondary N) is 2. The average molecular weight is 406 g/mol. The maximum Gasteiger partial charge on any atom is 0.244 e. The van der Waals surface area contributed by atoms with E-state index >= 15 is 0 Å². The SMILES string of the molecule is COc1ccc(F)cc1S(=O)(=O)NCCNc1ccc(-n2ccc(C)n2)nn1. The van der Waals surface area contributed by atoms with Crippen molar-refractivity contribution in [3.8, 4) is 11.6 Å². The molecule has 0 fully saturated rings. The van der Waals surface area contributed by atoms with Crippen LogP contribution >= 0.6 is 0 Å². The summed E-state index contributed by atoms with van der Waals surface area (Å²) in [4.78, 5) is -0.256. The number of aryl methyl sites for hydroxylation is 1. The third-order valence-corrected chi connectivity index (χ3v) is 5.23. The van der Waals surface area contributed by atoms with Gasteiger partial charge in [0.05, 0.1) is 12.8 Å². The van der Waals surface area contributed by atoms with Crippen LogP contribution in [0.3, 0.4) is 0 Å². The quantitative estimate of drug-likeness (QED) is 0.546. The Hall–Kier alpha value is -3.05. The van der Waals surface area contributed by atoms with Gasteiger partial charge in [0.2, 0.25) is 10.0 Å². The predicted octanol–water partition coefficient (Wildman–Crippen LogP) is 1.51. The number of methoxy groups -OCH3 is 1. The summed E-state index contributed by atoms with van der Waals surface area (Å²) in [7, 11) is -2.60. The summed E-state index contributed by atoms with van der Waals surface area (Å²) in [6.45, 7) is 2.19. The molecule has 0 bridgehead atoms. The van der Waals surface area contributed by atoms with Gasteiger partial charge in [-0.25, -0.2) is 22.2 Å². The standard InChI is InChI=1S/C17H19FN6O3S/c1-12-7-10-24(23-12)17-6-5-16(21-22-17)19-8-9-20-28(25,26)15-11-13(18)3-4-14(15)27-2/h3-7,10-11,20H,8-9H2,1-2H3,(H,19,21). The van der Waals surface area contributed by atoms with E-state index in [1.807, 2.05) is 13.0 Å². The van der Waals surface area contributed by atoms with E-state index in [-0.39, 0.29) is 23.7 Å². The first-order valence-corrected chi connectivity index (χ1v) is 9.81. The van der Waals surface area contributed by atoms with Gasteiger partial charge in [0, 0.05) is 19.3 Å². The smallest absolute Gasteiger partial charge is 0.244 e. The summed E-state index contributed by atoms with van der Waals surface area (Å²) >= 11 is 0. The lowest BCUT2D eigenvalue weighted by Crippen LogP contribution is -2.29. The van der Waals surface area contributed by atoms with Crippen molar-refractivity contribution in [1.82, 2.24) is 24.7 Å². The molecule has 28 heavy (non-hydrogen) atoms. The Morgan fingerprint density at radius 1 is 1.14 bits per heavy atom. The molecule has 148 valence electrons. The maximum atomic E-state index is 13.4. The second-order valence-corrected chi connectivity index (χ2v) is 7.53. The highest BCUT2D eigenvalue weighted by molar-refractivity contribution is 7.89. The van der Waals surface area contributed by atoms with Gasteiger partial charge >= 0.3 is 0 Å². The first-order valence-electron chi connectivity index (χ1n) is 8.32. The zero-order valence-corrected chi connectivity index (χ0v) is 16.1. The third kappa shape index (κ3) is 4.61. The summed E-state index contributed by atoms with van der Waals surface area (Å²) < 4.78 is 47.1. The molecule has 2 aromatic heterocycles. The minimum atomic E-state index is -3.92. The maximum absolute atomic E-state index is 13.4. The molecule has 0 amide bonds. The van der Waals surface area contributed by atoms with Crippen LogP contribution in [-0.2, 0) is 10.0 Å². The topological polar surface area (TPSA) is 111 Å². The third-order valence-electron chi connectivity index (χ3n) is 3.75. The van der Waals surface area contributed by atoms with Crippen molar-refractivity contribution in [2.24, 2.45) is 0 Å². The van der Waals surface area contributed by atoms with Crippen LogP contribution in [0.1, 0.15) is 5.69 Å². The molecule has 1 aromatic carbocycles. The van der Waals surface area contributed by atoms with Gasteiger partial charge in [-0.3, -0.25) is 0 Å². The zero-order valence-electron chi connectivity index (χ0n) is 15.3. The number of halogens is 1. The number of hydrogen-bond acceptors (Lipinski definition) is 7. The number of ether oxygens (including phenoxy) is 1. The Morgan fingerprint density at radius 3 is 2.61 bits per heavy atom. The van der Waals surface area contributed by atoms with E-state index in [1.165, 1.54) is 13.2 Å². The molecule has 0 aliphatic carbocycles. The first-order chi connectivity index (χ1) is 13.4. The van der Waals surface area contributed by atoms with E-state index in [4.69, 9.17) is 4.74 Å². The van der Waals surface area contributed by atoms with Crippen LogP contribution < -0.4 is 14.8 Å². The monoisotopic (exact) mass is 406 g/mol. The minimum Gasteiger partial charge on any atom is -0.495 e. The largest absolute Gasteiger partial charge is 0.495 e. The molecule has 3 rings (SSSR count). The van der Waals surface area contributed by atoms with E-state index in [0.29, 0.717) is 11.6 Å². The fraction of sp³-hybridized carbons (Fsp3) is 0.235. The molecule has 0 saturated heterocycles. The molecule has 3 aromatic rings. The van der Waals surface area contributed by atoms with E-state index in [1.54, 1.807) is 23.0 Å².